The number of imidazole rings is 1. The third-order valence-corrected chi connectivity index (χ3v) is 4.91. The van der Waals surface area contributed by atoms with Crippen molar-refractivity contribution >= 4 is 41.8 Å². The molecule has 0 radical (unpaired) electrons. The summed E-state index contributed by atoms with van der Waals surface area (Å²) in [6.07, 6.45) is 5.70. The van der Waals surface area contributed by atoms with Gasteiger partial charge in [0.2, 0.25) is 5.91 Å². The Morgan fingerprint density at radius 2 is 2.08 bits per heavy atom. The van der Waals surface area contributed by atoms with E-state index in [0.717, 1.165) is 35.3 Å². The van der Waals surface area contributed by atoms with Gasteiger partial charge in [0.25, 0.3) is 0 Å². The third-order valence-electron chi connectivity index (χ3n) is 4.91. The van der Waals surface area contributed by atoms with E-state index >= 15 is 0 Å². The van der Waals surface area contributed by atoms with Crippen LogP contribution >= 0.6 is 24.8 Å². The van der Waals surface area contributed by atoms with E-state index in [1.807, 2.05) is 12.1 Å². The molecular formula is C18H28Cl2N4O. The first-order valence-electron chi connectivity index (χ1n) is 8.61. The number of amides is 1. The number of benzene rings is 1. The van der Waals surface area contributed by atoms with E-state index in [9.17, 15) is 4.79 Å². The Morgan fingerprint density at radius 3 is 2.80 bits per heavy atom. The molecule has 1 amide bonds. The molecular weight excluding hydrogens is 359 g/mol. The second-order valence-corrected chi connectivity index (χ2v) is 6.61. The molecule has 7 heteroatoms. The van der Waals surface area contributed by atoms with E-state index < -0.39 is 0 Å². The molecule has 1 fully saturated rings. The van der Waals surface area contributed by atoms with Crippen LogP contribution in [0.3, 0.4) is 0 Å². The first-order chi connectivity index (χ1) is 11.2. The minimum absolute atomic E-state index is 0. The van der Waals surface area contributed by atoms with Gasteiger partial charge in [-0.15, -0.1) is 24.8 Å². The summed E-state index contributed by atoms with van der Waals surface area (Å²) in [4.78, 5) is 20.1. The number of nitrogens with zero attached hydrogens (tertiary/aromatic N) is 1. The highest BCUT2D eigenvalue weighted by Gasteiger charge is 2.25. The Bertz CT molecular complexity index is 689. The molecule has 1 aliphatic rings. The average molecular weight is 387 g/mol. The Kier molecular flexibility index (Phi) is 8.69. The van der Waals surface area contributed by atoms with Gasteiger partial charge in [0.15, 0.2) is 0 Å². The van der Waals surface area contributed by atoms with Crippen molar-refractivity contribution in [2.75, 3.05) is 6.54 Å². The molecule has 0 aliphatic heterocycles. The molecule has 25 heavy (non-hydrogen) atoms. The molecule has 5 nitrogen and oxygen atoms in total. The van der Waals surface area contributed by atoms with Gasteiger partial charge in [-0.3, -0.25) is 4.79 Å². The van der Waals surface area contributed by atoms with Crippen LogP contribution in [0.1, 0.15) is 43.5 Å². The molecule has 1 saturated carbocycles. The Labute approximate surface area is 161 Å². The predicted molar refractivity (Wildman–Crippen MR) is 107 cm³/mol. The topological polar surface area (TPSA) is 83.8 Å². The molecule has 140 valence electrons. The maximum absolute atomic E-state index is 12.2. The Balaban J connectivity index is 0.00000156. The third kappa shape index (κ3) is 5.33. The number of nitrogens with two attached hydrogens (primary N) is 1. The number of nitrogens with one attached hydrogen (secondary N) is 2. The summed E-state index contributed by atoms with van der Waals surface area (Å²) >= 11 is 0. The number of carbonyl (C=O) groups is 1. The fourth-order valence-corrected chi connectivity index (χ4v) is 3.54. The van der Waals surface area contributed by atoms with Crippen molar-refractivity contribution in [3.8, 4) is 0 Å². The first-order valence-corrected chi connectivity index (χ1v) is 8.61. The Morgan fingerprint density at radius 1 is 1.32 bits per heavy atom. The van der Waals surface area contributed by atoms with Gasteiger partial charge in [-0.05, 0) is 43.9 Å². The van der Waals surface area contributed by atoms with Gasteiger partial charge in [-0.2, -0.15) is 0 Å². The number of aromatic amines is 1. The number of hydrogen-bond acceptors (Lipinski definition) is 3. The predicted octanol–water partition coefficient (Wildman–Crippen LogP) is 3.28. The number of halogens is 2. The van der Waals surface area contributed by atoms with E-state index in [4.69, 9.17) is 5.73 Å². The zero-order valence-electron chi connectivity index (χ0n) is 14.6. The summed E-state index contributed by atoms with van der Waals surface area (Å²) in [6.45, 7) is 2.71. The molecule has 2 aromatic rings. The van der Waals surface area contributed by atoms with Gasteiger partial charge in [0, 0.05) is 18.9 Å². The maximum atomic E-state index is 12.2. The van der Waals surface area contributed by atoms with Crippen molar-refractivity contribution in [3.05, 3.63) is 29.6 Å². The lowest BCUT2D eigenvalue weighted by molar-refractivity contribution is -0.122. The standard InChI is InChI=1S/C18H26N4O.2ClH/c1-12-5-4-8-15-18(12)22-16(20-15)9-10-17(23)21-14-7-3-2-6-13(14)11-19;;/h4-5,8,13-14H,2-3,6-7,9-11,19H2,1H3,(H,20,22)(H,21,23);2*1H. The van der Waals surface area contributed by atoms with Crippen molar-refractivity contribution in [2.45, 2.75) is 51.5 Å². The van der Waals surface area contributed by atoms with E-state index in [-0.39, 0.29) is 36.8 Å². The lowest BCUT2D eigenvalue weighted by Gasteiger charge is -2.31. The van der Waals surface area contributed by atoms with Gasteiger partial charge in [0.05, 0.1) is 11.0 Å². The van der Waals surface area contributed by atoms with Crippen LogP contribution in [0.5, 0.6) is 0 Å². The summed E-state index contributed by atoms with van der Waals surface area (Å²) < 4.78 is 0. The van der Waals surface area contributed by atoms with Crippen molar-refractivity contribution in [3.63, 3.8) is 0 Å². The van der Waals surface area contributed by atoms with Gasteiger partial charge in [-0.1, -0.05) is 25.0 Å². The molecule has 1 heterocycles. The zero-order valence-corrected chi connectivity index (χ0v) is 16.2. The fourth-order valence-electron chi connectivity index (χ4n) is 3.54. The quantitative estimate of drug-likeness (QED) is 0.736. The van der Waals surface area contributed by atoms with Crippen LogP contribution in [0.4, 0.5) is 0 Å². The number of fused-ring (bicyclic) bond motifs is 1. The van der Waals surface area contributed by atoms with Crippen LogP contribution in [0, 0.1) is 12.8 Å². The van der Waals surface area contributed by atoms with Crippen LogP contribution in [-0.2, 0) is 11.2 Å². The number of H-pyrrole nitrogens is 1. The molecule has 1 aromatic heterocycles. The largest absolute Gasteiger partial charge is 0.353 e. The van der Waals surface area contributed by atoms with Gasteiger partial charge in [-0.25, -0.2) is 4.98 Å². The number of aromatic nitrogens is 2. The van der Waals surface area contributed by atoms with Gasteiger partial charge >= 0.3 is 0 Å². The van der Waals surface area contributed by atoms with E-state index in [1.54, 1.807) is 0 Å². The lowest BCUT2D eigenvalue weighted by atomic mass is 9.84. The fraction of sp³-hybridized carbons (Fsp3) is 0.556. The lowest BCUT2D eigenvalue weighted by Crippen LogP contribution is -2.44. The minimum Gasteiger partial charge on any atom is -0.353 e. The van der Waals surface area contributed by atoms with Crippen LogP contribution in [0.2, 0.25) is 0 Å². The van der Waals surface area contributed by atoms with Gasteiger partial charge < -0.3 is 16.0 Å². The van der Waals surface area contributed by atoms with Crippen LogP contribution in [0.25, 0.3) is 11.0 Å². The molecule has 3 rings (SSSR count). The summed E-state index contributed by atoms with van der Waals surface area (Å²) in [6, 6.07) is 6.34. The number of carbonyl (C=O) groups excluding carboxylic acids is 1. The highest BCUT2D eigenvalue weighted by molar-refractivity contribution is 5.85. The SMILES string of the molecule is Cc1cccc2[nH]c(CCC(=O)NC3CCCCC3CN)nc12.Cl.Cl. The van der Waals surface area contributed by atoms with Crippen LogP contribution in [-0.4, -0.2) is 28.5 Å². The molecule has 2 atom stereocenters. The van der Waals surface area contributed by atoms with Crippen LogP contribution in [0.15, 0.2) is 18.2 Å². The monoisotopic (exact) mass is 386 g/mol. The number of aryl methyl sites for hydroxylation is 2. The first kappa shape index (κ1) is 21.7. The second-order valence-electron chi connectivity index (χ2n) is 6.61. The number of para-hydroxylation sites is 1. The van der Waals surface area contributed by atoms with Crippen molar-refractivity contribution < 1.29 is 4.79 Å². The van der Waals surface area contributed by atoms with E-state index in [0.29, 0.717) is 25.3 Å². The second kappa shape index (κ2) is 10.00. The highest BCUT2D eigenvalue weighted by Crippen LogP contribution is 2.23. The molecule has 0 spiro atoms. The van der Waals surface area contributed by atoms with Gasteiger partial charge in [0.1, 0.15) is 5.82 Å². The maximum Gasteiger partial charge on any atom is 0.220 e. The summed E-state index contributed by atoms with van der Waals surface area (Å²) in [5.74, 6) is 1.41. The summed E-state index contributed by atoms with van der Waals surface area (Å²) in [5.41, 5.74) is 9.02. The minimum atomic E-state index is 0. The number of hydrogen-bond donors (Lipinski definition) is 3. The summed E-state index contributed by atoms with van der Waals surface area (Å²) in [5, 5.41) is 3.17. The highest BCUT2D eigenvalue weighted by atomic mass is 35.5. The molecule has 1 aliphatic carbocycles. The molecule has 0 bridgehead atoms. The smallest absolute Gasteiger partial charge is 0.220 e. The molecule has 2 unspecified atom stereocenters. The van der Waals surface area contributed by atoms with Crippen molar-refractivity contribution in [1.82, 2.24) is 15.3 Å². The average Bonchev–Trinajstić information content (AvgIpc) is 2.98. The van der Waals surface area contributed by atoms with Crippen LogP contribution < -0.4 is 11.1 Å². The van der Waals surface area contributed by atoms with Crippen molar-refractivity contribution in [1.29, 1.82) is 0 Å². The molecule has 1 aromatic carbocycles. The zero-order chi connectivity index (χ0) is 16.2. The molecule has 0 saturated heterocycles. The van der Waals surface area contributed by atoms with E-state index in [2.05, 4.69) is 28.3 Å². The van der Waals surface area contributed by atoms with Crippen molar-refractivity contribution in [2.24, 2.45) is 11.7 Å². The Hall–Kier alpha value is -1.30. The number of rotatable bonds is 5. The van der Waals surface area contributed by atoms with E-state index in [1.165, 1.54) is 12.8 Å². The molecule has 4 N–H and O–H groups in total. The normalized spacial score (nSPS) is 19.8. The summed E-state index contributed by atoms with van der Waals surface area (Å²) in [7, 11) is 0.